The van der Waals surface area contributed by atoms with Crippen LogP contribution in [0.4, 0.5) is 0 Å². The summed E-state index contributed by atoms with van der Waals surface area (Å²) in [6.07, 6.45) is 1.82. The summed E-state index contributed by atoms with van der Waals surface area (Å²) >= 11 is 0. The molecule has 0 aliphatic rings. The van der Waals surface area contributed by atoms with Gasteiger partial charge in [-0.3, -0.25) is 4.79 Å². The number of hydrogen-bond acceptors (Lipinski definition) is 1. The van der Waals surface area contributed by atoms with Gasteiger partial charge in [-0.25, -0.2) is 0 Å². The maximum atomic E-state index is 12.1. The van der Waals surface area contributed by atoms with E-state index in [2.05, 4.69) is 6.58 Å². The molecule has 0 spiro atoms. The van der Waals surface area contributed by atoms with Crippen molar-refractivity contribution in [1.29, 1.82) is 0 Å². The smallest absolute Gasteiger partial charge is 0.193 e. The van der Waals surface area contributed by atoms with Gasteiger partial charge in [0, 0.05) is 11.1 Å². The molecule has 0 radical (unpaired) electrons. The van der Waals surface area contributed by atoms with E-state index >= 15 is 0 Å². The summed E-state index contributed by atoms with van der Waals surface area (Å²) in [5.74, 6) is 0.0584. The first-order chi connectivity index (χ1) is 7.07. The second-order valence-electron chi connectivity index (χ2n) is 3.63. The maximum absolute atomic E-state index is 12.1. The number of aryl methyl sites for hydroxylation is 1. The molecule has 1 aromatic carbocycles. The number of hydrogen-bond donors (Lipinski definition) is 0. The van der Waals surface area contributed by atoms with Crippen LogP contribution in [0.25, 0.3) is 0 Å². The standard InChI is InChI=1S/C14H16O/c1-5-12(10(2)3)14(15)13-9-7-6-8-11(13)4/h5-9H,2H2,1,3-4H3/b12-5-. The SMILES string of the molecule is C=C(C)/C(=C/C)C(=O)c1ccccc1C. The Labute approximate surface area is 91.1 Å². The first-order valence-electron chi connectivity index (χ1n) is 5.00. The molecular formula is C14H16O. The fourth-order valence-electron chi connectivity index (χ4n) is 1.54. The van der Waals surface area contributed by atoms with Gasteiger partial charge in [-0.05, 0) is 31.9 Å². The molecule has 0 fully saturated rings. The van der Waals surface area contributed by atoms with E-state index in [1.807, 2.05) is 51.1 Å². The summed E-state index contributed by atoms with van der Waals surface area (Å²) in [5, 5.41) is 0. The number of ketones is 1. The average Bonchev–Trinajstić information content (AvgIpc) is 2.18. The summed E-state index contributed by atoms with van der Waals surface area (Å²) in [7, 11) is 0. The summed E-state index contributed by atoms with van der Waals surface area (Å²) < 4.78 is 0. The molecule has 1 rings (SSSR count). The van der Waals surface area contributed by atoms with Gasteiger partial charge in [0.25, 0.3) is 0 Å². The number of allylic oxidation sites excluding steroid dienone is 3. The van der Waals surface area contributed by atoms with Crippen LogP contribution in [0.2, 0.25) is 0 Å². The van der Waals surface area contributed by atoms with Crippen LogP contribution in [0.5, 0.6) is 0 Å². The van der Waals surface area contributed by atoms with Gasteiger partial charge >= 0.3 is 0 Å². The number of Topliss-reactive ketones (excluding diaryl/α,β-unsaturated/α-hetero) is 1. The quantitative estimate of drug-likeness (QED) is 0.413. The van der Waals surface area contributed by atoms with E-state index in [1.165, 1.54) is 0 Å². The molecule has 0 saturated heterocycles. The van der Waals surface area contributed by atoms with Crippen molar-refractivity contribution in [3.8, 4) is 0 Å². The average molecular weight is 200 g/mol. The van der Waals surface area contributed by atoms with Gasteiger partial charge in [0.05, 0.1) is 0 Å². The molecule has 0 aliphatic heterocycles. The van der Waals surface area contributed by atoms with Gasteiger partial charge in [-0.1, -0.05) is 36.9 Å². The molecule has 0 saturated carbocycles. The molecule has 0 bridgehead atoms. The highest BCUT2D eigenvalue weighted by molar-refractivity contribution is 6.12. The predicted molar refractivity (Wildman–Crippen MR) is 64.1 cm³/mol. The molecule has 78 valence electrons. The Kier molecular flexibility index (Phi) is 3.62. The number of carbonyl (C=O) groups excluding carboxylic acids is 1. The van der Waals surface area contributed by atoms with E-state index in [1.54, 1.807) is 0 Å². The zero-order chi connectivity index (χ0) is 11.4. The van der Waals surface area contributed by atoms with E-state index in [-0.39, 0.29) is 5.78 Å². The van der Waals surface area contributed by atoms with Crippen molar-refractivity contribution in [1.82, 2.24) is 0 Å². The Morgan fingerprint density at radius 1 is 1.33 bits per heavy atom. The second kappa shape index (κ2) is 4.74. The summed E-state index contributed by atoms with van der Waals surface area (Å²) in [6.45, 7) is 9.47. The Morgan fingerprint density at radius 3 is 2.40 bits per heavy atom. The van der Waals surface area contributed by atoms with Gasteiger partial charge in [-0.15, -0.1) is 0 Å². The minimum Gasteiger partial charge on any atom is -0.289 e. The van der Waals surface area contributed by atoms with Crippen LogP contribution in [0.3, 0.4) is 0 Å². The molecule has 0 aliphatic carbocycles. The lowest BCUT2D eigenvalue weighted by atomic mass is 9.95. The minimum atomic E-state index is 0.0584. The largest absolute Gasteiger partial charge is 0.289 e. The van der Waals surface area contributed by atoms with Crippen molar-refractivity contribution < 1.29 is 4.79 Å². The van der Waals surface area contributed by atoms with Crippen LogP contribution >= 0.6 is 0 Å². The van der Waals surface area contributed by atoms with Crippen LogP contribution in [0.1, 0.15) is 29.8 Å². The van der Waals surface area contributed by atoms with Crippen molar-refractivity contribution in [2.75, 3.05) is 0 Å². The fourth-order valence-corrected chi connectivity index (χ4v) is 1.54. The molecule has 0 heterocycles. The molecule has 0 N–H and O–H groups in total. The van der Waals surface area contributed by atoms with E-state index in [0.717, 1.165) is 16.7 Å². The first kappa shape index (κ1) is 11.4. The molecular weight excluding hydrogens is 184 g/mol. The number of carbonyl (C=O) groups is 1. The lowest BCUT2D eigenvalue weighted by Crippen LogP contribution is -2.05. The van der Waals surface area contributed by atoms with Crippen molar-refractivity contribution in [2.45, 2.75) is 20.8 Å². The third kappa shape index (κ3) is 2.44. The van der Waals surface area contributed by atoms with Crippen LogP contribution < -0.4 is 0 Å². The number of benzene rings is 1. The Hall–Kier alpha value is -1.63. The van der Waals surface area contributed by atoms with E-state index < -0.39 is 0 Å². The second-order valence-corrected chi connectivity index (χ2v) is 3.63. The first-order valence-corrected chi connectivity index (χ1v) is 5.00. The summed E-state index contributed by atoms with van der Waals surface area (Å²) in [5.41, 5.74) is 3.27. The molecule has 0 atom stereocenters. The molecule has 15 heavy (non-hydrogen) atoms. The van der Waals surface area contributed by atoms with Crippen molar-refractivity contribution in [3.05, 3.63) is 59.2 Å². The van der Waals surface area contributed by atoms with Gasteiger partial charge < -0.3 is 0 Å². The van der Waals surface area contributed by atoms with Gasteiger partial charge in [-0.2, -0.15) is 0 Å². The zero-order valence-electron chi connectivity index (χ0n) is 9.50. The van der Waals surface area contributed by atoms with Gasteiger partial charge in [0.1, 0.15) is 0 Å². The zero-order valence-corrected chi connectivity index (χ0v) is 9.50. The monoisotopic (exact) mass is 200 g/mol. The van der Waals surface area contributed by atoms with Gasteiger partial charge in [0.15, 0.2) is 5.78 Å². The Bertz CT molecular complexity index is 425. The van der Waals surface area contributed by atoms with Crippen molar-refractivity contribution >= 4 is 5.78 Å². The normalized spacial score (nSPS) is 11.3. The highest BCUT2D eigenvalue weighted by Gasteiger charge is 2.13. The topological polar surface area (TPSA) is 17.1 Å². The van der Waals surface area contributed by atoms with E-state index in [4.69, 9.17) is 0 Å². The molecule has 0 unspecified atom stereocenters. The third-order valence-electron chi connectivity index (χ3n) is 2.38. The number of rotatable bonds is 3. The van der Waals surface area contributed by atoms with Crippen LogP contribution in [0, 0.1) is 6.92 Å². The third-order valence-corrected chi connectivity index (χ3v) is 2.38. The molecule has 0 amide bonds. The molecule has 1 heteroatoms. The van der Waals surface area contributed by atoms with Crippen molar-refractivity contribution in [3.63, 3.8) is 0 Å². The van der Waals surface area contributed by atoms with E-state index in [9.17, 15) is 4.79 Å². The summed E-state index contributed by atoms with van der Waals surface area (Å²) in [4.78, 5) is 12.1. The van der Waals surface area contributed by atoms with Crippen LogP contribution in [-0.2, 0) is 0 Å². The van der Waals surface area contributed by atoms with Crippen molar-refractivity contribution in [2.24, 2.45) is 0 Å². The fraction of sp³-hybridized carbons (Fsp3) is 0.214. The highest BCUT2D eigenvalue weighted by Crippen LogP contribution is 2.17. The lowest BCUT2D eigenvalue weighted by molar-refractivity contribution is 0.103. The van der Waals surface area contributed by atoms with E-state index in [0.29, 0.717) is 5.57 Å². The molecule has 0 aromatic heterocycles. The molecule has 1 aromatic rings. The Balaban J connectivity index is 3.16. The van der Waals surface area contributed by atoms with Gasteiger partial charge in [0.2, 0.25) is 0 Å². The summed E-state index contributed by atoms with van der Waals surface area (Å²) in [6, 6.07) is 7.61. The lowest BCUT2D eigenvalue weighted by Gasteiger charge is -2.07. The molecule has 1 nitrogen and oxygen atoms in total. The van der Waals surface area contributed by atoms with Crippen LogP contribution in [0.15, 0.2) is 48.1 Å². The minimum absolute atomic E-state index is 0.0584. The maximum Gasteiger partial charge on any atom is 0.193 e. The predicted octanol–water partition coefficient (Wildman–Crippen LogP) is 3.70. The van der Waals surface area contributed by atoms with Crippen LogP contribution in [-0.4, -0.2) is 5.78 Å². The Morgan fingerprint density at radius 2 is 1.93 bits per heavy atom. The highest BCUT2D eigenvalue weighted by atomic mass is 16.1.